The first kappa shape index (κ1) is 12.6. The van der Waals surface area contributed by atoms with Crippen molar-refractivity contribution in [3.8, 4) is 0 Å². The molecule has 0 bridgehead atoms. The summed E-state index contributed by atoms with van der Waals surface area (Å²) < 4.78 is 2.96. The number of rotatable bonds is 4. The molecule has 2 rings (SSSR count). The SMILES string of the molecule is Cn1nccc1CCC(O)c1ccccc1I. The van der Waals surface area contributed by atoms with E-state index in [1.54, 1.807) is 6.20 Å². The molecule has 0 aliphatic rings. The van der Waals surface area contributed by atoms with E-state index in [0.29, 0.717) is 0 Å². The van der Waals surface area contributed by atoms with E-state index < -0.39 is 6.10 Å². The van der Waals surface area contributed by atoms with Crippen LogP contribution >= 0.6 is 22.6 Å². The number of benzene rings is 1. The Bertz CT molecular complexity index is 496. The highest BCUT2D eigenvalue weighted by molar-refractivity contribution is 14.1. The lowest BCUT2D eigenvalue weighted by atomic mass is 10.0. The summed E-state index contributed by atoms with van der Waals surface area (Å²) >= 11 is 2.26. The highest BCUT2D eigenvalue weighted by atomic mass is 127. The van der Waals surface area contributed by atoms with Crippen molar-refractivity contribution in [3.05, 3.63) is 51.4 Å². The first-order valence-electron chi connectivity index (χ1n) is 5.58. The van der Waals surface area contributed by atoms with Crippen LogP contribution in [0.15, 0.2) is 36.5 Å². The van der Waals surface area contributed by atoms with Crippen LogP contribution in [0.4, 0.5) is 0 Å². The van der Waals surface area contributed by atoms with Gasteiger partial charge in [-0.25, -0.2) is 0 Å². The van der Waals surface area contributed by atoms with Gasteiger partial charge in [0.1, 0.15) is 0 Å². The zero-order valence-electron chi connectivity index (χ0n) is 9.68. The van der Waals surface area contributed by atoms with Crippen molar-refractivity contribution in [1.29, 1.82) is 0 Å². The molecule has 0 saturated heterocycles. The summed E-state index contributed by atoms with van der Waals surface area (Å²) in [6.07, 6.45) is 2.94. The number of aryl methyl sites for hydroxylation is 2. The van der Waals surface area contributed by atoms with Crippen LogP contribution in [-0.2, 0) is 13.5 Å². The summed E-state index contributed by atoms with van der Waals surface area (Å²) in [5.41, 5.74) is 2.16. The topological polar surface area (TPSA) is 38.0 Å². The van der Waals surface area contributed by atoms with Crippen LogP contribution in [0.25, 0.3) is 0 Å². The fraction of sp³-hybridized carbons (Fsp3) is 0.308. The van der Waals surface area contributed by atoms with Gasteiger partial charge in [0.25, 0.3) is 0 Å². The molecule has 1 unspecified atom stereocenters. The maximum Gasteiger partial charge on any atom is 0.0804 e. The third-order valence-electron chi connectivity index (χ3n) is 2.86. The maximum absolute atomic E-state index is 10.2. The third kappa shape index (κ3) is 3.07. The normalized spacial score (nSPS) is 12.6. The van der Waals surface area contributed by atoms with Gasteiger partial charge in [0.05, 0.1) is 6.10 Å². The van der Waals surface area contributed by atoms with Crippen molar-refractivity contribution in [2.75, 3.05) is 0 Å². The van der Waals surface area contributed by atoms with Gasteiger partial charge in [-0.1, -0.05) is 18.2 Å². The molecule has 3 nitrogen and oxygen atoms in total. The number of nitrogens with zero attached hydrogens (tertiary/aromatic N) is 2. The molecule has 2 aromatic rings. The van der Waals surface area contributed by atoms with E-state index in [-0.39, 0.29) is 0 Å². The van der Waals surface area contributed by atoms with Crippen LogP contribution in [0.3, 0.4) is 0 Å². The largest absolute Gasteiger partial charge is 0.388 e. The van der Waals surface area contributed by atoms with Crippen molar-refractivity contribution in [2.24, 2.45) is 7.05 Å². The maximum atomic E-state index is 10.2. The minimum absolute atomic E-state index is 0.405. The van der Waals surface area contributed by atoms with E-state index in [1.807, 2.05) is 42.1 Å². The summed E-state index contributed by atoms with van der Waals surface area (Å²) in [4.78, 5) is 0. The number of aliphatic hydroxyl groups excluding tert-OH is 1. The fourth-order valence-corrected chi connectivity index (χ4v) is 2.58. The molecule has 0 saturated carbocycles. The van der Waals surface area contributed by atoms with Gasteiger partial charge in [-0.05, 0) is 53.1 Å². The van der Waals surface area contributed by atoms with Gasteiger partial charge in [0.2, 0.25) is 0 Å². The molecule has 0 spiro atoms. The van der Waals surface area contributed by atoms with Crippen molar-refractivity contribution in [3.63, 3.8) is 0 Å². The molecule has 4 heteroatoms. The van der Waals surface area contributed by atoms with Gasteiger partial charge in [0.15, 0.2) is 0 Å². The average Bonchev–Trinajstić information content (AvgIpc) is 2.72. The van der Waals surface area contributed by atoms with Gasteiger partial charge in [-0.15, -0.1) is 0 Å². The molecule has 1 heterocycles. The standard InChI is InChI=1S/C13H15IN2O/c1-16-10(8-9-15-16)6-7-13(17)11-4-2-3-5-12(11)14/h2-5,8-9,13,17H,6-7H2,1H3. The Morgan fingerprint density at radius 3 is 2.76 bits per heavy atom. The van der Waals surface area contributed by atoms with Gasteiger partial charge in [-0.2, -0.15) is 5.10 Å². The van der Waals surface area contributed by atoms with Crippen LogP contribution in [0, 0.1) is 3.57 Å². The molecule has 0 aliphatic carbocycles. The minimum atomic E-state index is -0.405. The number of aromatic nitrogens is 2. The van der Waals surface area contributed by atoms with Crippen molar-refractivity contribution in [1.82, 2.24) is 9.78 Å². The van der Waals surface area contributed by atoms with Crippen LogP contribution < -0.4 is 0 Å². The van der Waals surface area contributed by atoms with Crippen LogP contribution in [0.1, 0.15) is 23.8 Å². The molecule has 0 fully saturated rings. The van der Waals surface area contributed by atoms with Crippen LogP contribution in [0.5, 0.6) is 0 Å². The van der Waals surface area contributed by atoms with Gasteiger partial charge in [0, 0.05) is 22.5 Å². The molecule has 17 heavy (non-hydrogen) atoms. The Morgan fingerprint density at radius 2 is 2.12 bits per heavy atom. The Hall–Kier alpha value is -0.880. The molecule has 1 atom stereocenters. The van der Waals surface area contributed by atoms with Crippen LogP contribution in [-0.4, -0.2) is 14.9 Å². The Kier molecular flexibility index (Phi) is 4.17. The molecule has 0 aliphatic heterocycles. The fourth-order valence-electron chi connectivity index (χ4n) is 1.83. The van der Waals surface area contributed by atoms with Gasteiger partial charge < -0.3 is 5.11 Å². The summed E-state index contributed by atoms with van der Waals surface area (Å²) in [6.45, 7) is 0. The number of aliphatic hydroxyl groups is 1. The molecule has 0 amide bonds. The van der Waals surface area contributed by atoms with E-state index in [2.05, 4.69) is 27.7 Å². The second-order valence-electron chi connectivity index (χ2n) is 4.02. The molecule has 90 valence electrons. The molecule has 1 N–H and O–H groups in total. The second kappa shape index (κ2) is 5.64. The Balaban J connectivity index is 2.01. The van der Waals surface area contributed by atoms with E-state index in [4.69, 9.17) is 0 Å². The second-order valence-corrected chi connectivity index (χ2v) is 5.18. The predicted octanol–water partition coefficient (Wildman–Crippen LogP) is 2.69. The summed E-state index contributed by atoms with van der Waals surface area (Å²) in [7, 11) is 1.92. The predicted molar refractivity (Wildman–Crippen MR) is 75.6 cm³/mol. The van der Waals surface area contributed by atoms with E-state index >= 15 is 0 Å². The number of hydrogen-bond donors (Lipinski definition) is 1. The number of halogens is 1. The van der Waals surface area contributed by atoms with Crippen molar-refractivity contribution >= 4 is 22.6 Å². The van der Waals surface area contributed by atoms with E-state index in [1.165, 1.54) is 0 Å². The lowest BCUT2D eigenvalue weighted by Gasteiger charge is -2.12. The molecule has 0 radical (unpaired) electrons. The first-order valence-corrected chi connectivity index (χ1v) is 6.65. The van der Waals surface area contributed by atoms with E-state index in [9.17, 15) is 5.11 Å². The summed E-state index contributed by atoms with van der Waals surface area (Å²) in [6, 6.07) is 9.94. The third-order valence-corrected chi connectivity index (χ3v) is 3.84. The minimum Gasteiger partial charge on any atom is -0.388 e. The van der Waals surface area contributed by atoms with Gasteiger partial charge >= 0.3 is 0 Å². The average molecular weight is 342 g/mol. The Labute approximate surface area is 115 Å². The van der Waals surface area contributed by atoms with E-state index in [0.717, 1.165) is 27.7 Å². The lowest BCUT2D eigenvalue weighted by Crippen LogP contribution is -2.04. The molecular formula is C13H15IN2O. The molecular weight excluding hydrogens is 327 g/mol. The summed E-state index contributed by atoms with van der Waals surface area (Å²) in [5, 5.41) is 14.3. The highest BCUT2D eigenvalue weighted by Crippen LogP contribution is 2.23. The lowest BCUT2D eigenvalue weighted by molar-refractivity contribution is 0.166. The zero-order chi connectivity index (χ0) is 12.3. The van der Waals surface area contributed by atoms with Crippen molar-refractivity contribution in [2.45, 2.75) is 18.9 Å². The summed E-state index contributed by atoms with van der Waals surface area (Å²) in [5.74, 6) is 0. The zero-order valence-corrected chi connectivity index (χ0v) is 11.8. The van der Waals surface area contributed by atoms with Crippen LogP contribution in [0.2, 0.25) is 0 Å². The highest BCUT2D eigenvalue weighted by Gasteiger charge is 2.11. The smallest absolute Gasteiger partial charge is 0.0804 e. The number of hydrogen-bond acceptors (Lipinski definition) is 2. The first-order chi connectivity index (χ1) is 8.18. The molecule has 1 aromatic carbocycles. The van der Waals surface area contributed by atoms with Gasteiger partial charge in [-0.3, -0.25) is 4.68 Å². The monoisotopic (exact) mass is 342 g/mol. The molecule has 1 aromatic heterocycles. The quantitative estimate of drug-likeness (QED) is 0.868. The van der Waals surface area contributed by atoms with Crippen molar-refractivity contribution < 1.29 is 5.11 Å². The Morgan fingerprint density at radius 1 is 1.35 bits per heavy atom.